The minimum absolute atomic E-state index is 0.00186. The van der Waals surface area contributed by atoms with Gasteiger partial charge in [-0.15, -0.1) is 0 Å². The van der Waals surface area contributed by atoms with E-state index in [4.69, 9.17) is 0 Å². The highest BCUT2D eigenvalue weighted by molar-refractivity contribution is 6.09. The van der Waals surface area contributed by atoms with Crippen molar-refractivity contribution >= 4 is 11.6 Å². The van der Waals surface area contributed by atoms with Gasteiger partial charge in [-0.25, -0.2) is 0 Å². The van der Waals surface area contributed by atoms with Gasteiger partial charge in [-0.05, 0) is 30.0 Å². The van der Waals surface area contributed by atoms with E-state index in [-0.39, 0.29) is 18.0 Å². The second-order valence-electron chi connectivity index (χ2n) is 5.96. The molecule has 0 aliphatic carbocycles. The average Bonchev–Trinajstić information content (AvgIpc) is 2.36. The zero-order chi connectivity index (χ0) is 14.6. The van der Waals surface area contributed by atoms with Crippen molar-refractivity contribution in [3.63, 3.8) is 0 Å². The van der Waals surface area contributed by atoms with Crippen molar-refractivity contribution in [2.45, 2.75) is 53.9 Å². The Bertz CT molecular complexity index is 479. The van der Waals surface area contributed by atoms with E-state index in [0.29, 0.717) is 5.56 Å². The predicted molar refractivity (Wildman–Crippen MR) is 78.6 cm³/mol. The minimum Gasteiger partial charge on any atom is -0.299 e. The van der Waals surface area contributed by atoms with Crippen molar-refractivity contribution < 1.29 is 9.59 Å². The fourth-order valence-electron chi connectivity index (χ4n) is 1.99. The highest BCUT2D eigenvalue weighted by Crippen LogP contribution is 2.20. The Kier molecular flexibility index (Phi) is 5.04. The van der Waals surface area contributed by atoms with Gasteiger partial charge in [0, 0.05) is 11.0 Å². The highest BCUT2D eigenvalue weighted by Gasteiger charge is 2.24. The largest absolute Gasteiger partial charge is 0.299 e. The van der Waals surface area contributed by atoms with Gasteiger partial charge in [0.05, 0.1) is 6.42 Å². The summed E-state index contributed by atoms with van der Waals surface area (Å²) in [5, 5.41) is 0. The van der Waals surface area contributed by atoms with Gasteiger partial charge in [0.15, 0.2) is 5.78 Å². The monoisotopic (exact) mass is 260 g/mol. The second-order valence-corrected chi connectivity index (χ2v) is 5.96. The van der Waals surface area contributed by atoms with Crippen LogP contribution in [0.5, 0.6) is 0 Å². The lowest BCUT2D eigenvalue weighted by molar-refractivity contribution is -0.125. The summed E-state index contributed by atoms with van der Waals surface area (Å²) < 4.78 is 0. The van der Waals surface area contributed by atoms with E-state index in [2.05, 4.69) is 13.8 Å². The Morgan fingerprint density at radius 1 is 1.00 bits per heavy atom. The summed E-state index contributed by atoms with van der Waals surface area (Å²) in [6.07, 6.45) is 1.88. The first kappa shape index (κ1) is 15.6. The predicted octanol–water partition coefficient (Wildman–Crippen LogP) is 4.00. The Hall–Kier alpha value is -1.44. The van der Waals surface area contributed by atoms with Crippen molar-refractivity contribution in [3.05, 3.63) is 34.9 Å². The van der Waals surface area contributed by atoms with E-state index >= 15 is 0 Å². The Balaban J connectivity index is 2.92. The number of hydrogen-bond donors (Lipinski definition) is 0. The normalized spacial score (nSPS) is 11.4. The van der Waals surface area contributed by atoms with Gasteiger partial charge >= 0.3 is 0 Å². The zero-order valence-electron chi connectivity index (χ0n) is 12.7. The molecule has 104 valence electrons. The SMILES string of the molecule is CCc1ccc(C(=O)CC(=O)C(C)(C)C)cc1CC. The molecule has 2 nitrogen and oxygen atoms in total. The Morgan fingerprint density at radius 3 is 2.05 bits per heavy atom. The molecule has 0 unspecified atom stereocenters. The van der Waals surface area contributed by atoms with Crippen LogP contribution in [0.3, 0.4) is 0 Å². The van der Waals surface area contributed by atoms with Crippen molar-refractivity contribution in [1.82, 2.24) is 0 Å². The number of Topliss-reactive ketones (excluding diaryl/α,β-unsaturated/α-hetero) is 2. The number of benzene rings is 1. The molecule has 0 heterocycles. The van der Waals surface area contributed by atoms with E-state index in [1.807, 2.05) is 39.0 Å². The van der Waals surface area contributed by atoms with Crippen LogP contribution in [0.1, 0.15) is 62.5 Å². The molecule has 0 saturated heterocycles. The van der Waals surface area contributed by atoms with Gasteiger partial charge in [-0.1, -0.05) is 46.8 Å². The maximum absolute atomic E-state index is 12.1. The van der Waals surface area contributed by atoms with Crippen LogP contribution in [0.25, 0.3) is 0 Å². The van der Waals surface area contributed by atoms with Gasteiger partial charge in [0.1, 0.15) is 5.78 Å². The summed E-state index contributed by atoms with van der Waals surface area (Å²) in [5.74, 6) is -0.0765. The second kappa shape index (κ2) is 6.14. The molecule has 0 aromatic heterocycles. The lowest BCUT2D eigenvalue weighted by Crippen LogP contribution is -2.23. The Labute approximate surface area is 116 Å². The van der Waals surface area contributed by atoms with Crippen LogP contribution in [0, 0.1) is 5.41 Å². The van der Waals surface area contributed by atoms with Gasteiger partial charge in [-0.2, -0.15) is 0 Å². The van der Waals surface area contributed by atoms with Crippen LogP contribution in [-0.4, -0.2) is 11.6 Å². The third-order valence-corrected chi connectivity index (χ3v) is 3.45. The molecule has 0 saturated carbocycles. The van der Waals surface area contributed by atoms with E-state index in [1.165, 1.54) is 11.1 Å². The third kappa shape index (κ3) is 4.02. The van der Waals surface area contributed by atoms with Crippen LogP contribution in [-0.2, 0) is 17.6 Å². The molecule has 0 amide bonds. The van der Waals surface area contributed by atoms with Crippen molar-refractivity contribution in [1.29, 1.82) is 0 Å². The molecule has 19 heavy (non-hydrogen) atoms. The smallest absolute Gasteiger partial charge is 0.170 e. The number of rotatable bonds is 5. The van der Waals surface area contributed by atoms with Crippen LogP contribution < -0.4 is 0 Å². The van der Waals surface area contributed by atoms with Crippen LogP contribution >= 0.6 is 0 Å². The van der Waals surface area contributed by atoms with Crippen molar-refractivity contribution in [3.8, 4) is 0 Å². The summed E-state index contributed by atoms with van der Waals surface area (Å²) in [4.78, 5) is 24.1. The molecule has 0 spiro atoms. The highest BCUT2D eigenvalue weighted by atomic mass is 16.1. The van der Waals surface area contributed by atoms with Gasteiger partial charge in [0.25, 0.3) is 0 Å². The molecular formula is C17H24O2. The number of carbonyl (C=O) groups is 2. The first-order valence-corrected chi connectivity index (χ1v) is 6.97. The maximum Gasteiger partial charge on any atom is 0.170 e. The molecule has 1 rings (SSSR count). The van der Waals surface area contributed by atoms with E-state index in [0.717, 1.165) is 12.8 Å². The Morgan fingerprint density at radius 2 is 1.58 bits per heavy atom. The fourth-order valence-corrected chi connectivity index (χ4v) is 1.99. The summed E-state index contributed by atoms with van der Waals surface area (Å²) in [6.45, 7) is 9.74. The van der Waals surface area contributed by atoms with Crippen LogP contribution in [0.2, 0.25) is 0 Å². The quantitative estimate of drug-likeness (QED) is 0.592. The van der Waals surface area contributed by atoms with Crippen molar-refractivity contribution in [2.24, 2.45) is 5.41 Å². The van der Waals surface area contributed by atoms with Gasteiger partial charge in [0.2, 0.25) is 0 Å². The lowest BCUT2D eigenvalue weighted by Gasteiger charge is -2.16. The number of carbonyl (C=O) groups excluding carboxylic acids is 2. The summed E-state index contributed by atoms with van der Waals surface area (Å²) in [6, 6.07) is 5.79. The van der Waals surface area contributed by atoms with Gasteiger partial charge < -0.3 is 0 Å². The molecule has 0 fully saturated rings. The molecule has 0 aliphatic heterocycles. The first-order chi connectivity index (χ1) is 8.79. The summed E-state index contributed by atoms with van der Waals surface area (Å²) >= 11 is 0. The van der Waals surface area contributed by atoms with Crippen molar-refractivity contribution in [2.75, 3.05) is 0 Å². The molecule has 0 N–H and O–H groups in total. The zero-order valence-corrected chi connectivity index (χ0v) is 12.7. The molecule has 1 aromatic rings. The molecule has 1 aromatic carbocycles. The summed E-state index contributed by atoms with van der Waals surface area (Å²) in [5.41, 5.74) is 2.69. The topological polar surface area (TPSA) is 34.1 Å². The summed E-state index contributed by atoms with van der Waals surface area (Å²) in [7, 11) is 0. The fraction of sp³-hybridized carbons (Fsp3) is 0.529. The van der Waals surface area contributed by atoms with E-state index < -0.39 is 5.41 Å². The number of ketones is 2. The number of aryl methyl sites for hydroxylation is 2. The minimum atomic E-state index is -0.452. The first-order valence-electron chi connectivity index (χ1n) is 6.97. The molecule has 0 radical (unpaired) electrons. The van der Waals surface area contributed by atoms with Crippen LogP contribution in [0.15, 0.2) is 18.2 Å². The number of hydrogen-bond acceptors (Lipinski definition) is 2. The standard InChI is InChI=1S/C17H24O2/c1-6-12-8-9-14(10-13(12)7-2)15(18)11-16(19)17(3,4)5/h8-10H,6-7,11H2,1-5H3. The van der Waals surface area contributed by atoms with Crippen LogP contribution in [0.4, 0.5) is 0 Å². The molecule has 2 heteroatoms. The molecular weight excluding hydrogens is 236 g/mol. The van der Waals surface area contributed by atoms with E-state index in [9.17, 15) is 9.59 Å². The molecule has 0 bridgehead atoms. The molecule has 0 atom stereocenters. The maximum atomic E-state index is 12.1. The third-order valence-electron chi connectivity index (χ3n) is 3.45. The van der Waals surface area contributed by atoms with E-state index in [1.54, 1.807) is 0 Å². The average molecular weight is 260 g/mol. The lowest BCUT2D eigenvalue weighted by atomic mass is 9.86. The van der Waals surface area contributed by atoms with Gasteiger partial charge in [-0.3, -0.25) is 9.59 Å². The molecule has 0 aliphatic rings.